The molecule has 0 spiro atoms. The molecule has 2 aromatic rings. The van der Waals surface area contributed by atoms with Crippen LogP contribution >= 0.6 is 0 Å². The van der Waals surface area contributed by atoms with Crippen LogP contribution in [0.15, 0.2) is 36.4 Å². The van der Waals surface area contributed by atoms with Gasteiger partial charge in [-0.15, -0.1) is 0 Å². The van der Waals surface area contributed by atoms with Gasteiger partial charge in [0, 0.05) is 6.54 Å². The smallest absolute Gasteiger partial charge is 0.407 e. The SMILES string of the molecule is COc1ccc(-c2ccc3c(c2)CC(C)(C)[C@H]3NC(=O)O[C@@H]2CN3CCC2CC3)cc1F. The van der Waals surface area contributed by atoms with E-state index in [9.17, 15) is 9.18 Å². The summed E-state index contributed by atoms with van der Waals surface area (Å²) >= 11 is 0. The zero-order valence-electron chi connectivity index (χ0n) is 19.0. The third kappa shape index (κ3) is 3.85. The van der Waals surface area contributed by atoms with Crippen molar-refractivity contribution in [1.29, 1.82) is 0 Å². The van der Waals surface area contributed by atoms with Gasteiger partial charge in [0.1, 0.15) is 6.10 Å². The minimum atomic E-state index is -0.374. The summed E-state index contributed by atoms with van der Waals surface area (Å²) in [6.07, 6.45) is 2.74. The van der Waals surface area contributed by atoms with Crippen LogP contribution < -0.4 is 10.1 Å². The second-order valence-electron chi connectivity index (χ2n) is 10.1. The monoisotopic (exact) mass is 438 g/mol. The van der Waals surface area contributed by atoms with Crippen molar-refractivity contribution in [2.45, 2.75) is 45.3 Å². The van der Waals surface area contributed by atoms with Crippen molar-refractivity contribution in [3.8, 4) is 16.9 Å². The lowest BCUT2D eigenvalue weighted by atomic mass is 9.85. The van der Waals surface area contributed by atoms with Crippen LogP contribution in [0.25, 0.3) is 11.1 Å². The molecule has 3 fully saturated rings. The molecule has 6 heteroatoms. The Morgan fingerprint density at radius 3 is 2.50 bits per heavy atom. The largest absolute Gasteiger partial charge is 0.494 e. The van der Waals surface area contributed by atoms with Crippen LogP contribution in [0.4, 0.5) is 9.18 Å². The normalized spacial score (nSPS) is 27.6. The number of nitrogens with one attached hydrogen (secondary N) is 1. The molecule has 1 amide bonds. The third-order valence-corrected chi connectivity index (χ3v) is 7.48. The van der Waals surface area contributed by atoms with E-state index < -0.39 is 0 Å². The summed E-state index contributed by atoms with van der Waals surface area (Å²) in [5.41, 5.74) is 3.91. The van der Waals surface area contributed by atoms with Crippen molar-refractivity contribution >= 4 is 6.09 Å². The highest BCUT2D eigenvalue weighted by Crippen LogP contribution is 2.46. The molecule has 0 radical (unpaired) electrons. The highest BCUT2D eigenvalue weighted by Gasteiger charge is 2.42. The molecule has 3 heterocycles. The second-order valence-corrected chi connectivity index (χ2v) is 10.1. The van der Waals surface area contributed by atoms with Crippen LogP contribution in [0, 0.1) is 17.2 Å². The van der Waals surface area contributed by atoms with Gasteiger partial charge in [0.05, 0.1) is 13.2 Å². The number of ether oxygens (including phenoxy) is 2. The summed E-state index contributed by atoms with van der Waals surface area (Å²) in [5, 5.41) is 3.16. The lowest BCUT2D eigenvalue weighted by Gasteiger charge is -2.44. The van der Waals surface area contributed by atoms with Crippen LogP contribution in [0.5, 0.6) is 5.75 Å². The molecule has 1 N–H and O–H groups in total. The van der Waals surface area contributed by atoms with Crippen LogP contribution in [-0.2, 0) is 11.2 Å². The summed E-state index contributed by atoms with van der Waals surface area (Å²) in [5.74, 6) is 0.352. The van der Waals surface area contributed by atoms with Crippen molar-refractivity contribution in [1.82, 2.24) is 10.2 Å². The molecule has 4 aliphatic rings. The van der Waals surface area contributed by atoms with E-state index in [0.29, 0.717) is 5.92 Å². The minimum absolute atomic E-state index is 0.00571. The molecule has 6 rings (SSSR count). The maximum atomic E-state index is 14.2. The first-order valence-corrected chi connectivity index (χ1v) is 11.5. The van der Waals surface area contributed by atoms with Crippen molar-refractivity contribution < 1.29 is 18.7 Å². The van der Waals surface area contributed by atoms with Gasteiger partial charge in [-0.1, -0.05) is 38.1 Å². The fourth-order valence-electron chi connectivity index (χ4n) is 5.69. The number of carbonyl (C=O) groups is 1. The Kier molecular flexibility index (Phi) is 5.36. The second kappa shape index (κ2) is 8.07. The zero-order valence-corrected chi connectivity index (χ0v) is 19.0. The molecule has 1 aliphatic carbocycles. The average Bonchev–Trinajstić information content (AvgIpc) is 3.03. The number of amides is 1. The Labute approximate surface area is 188 Å². The third-order valence-electron chi connectivity index (χ3n) is 7.48. The van der Waals surface area contributed by atoms with Crippen molar-refractivity contribution in [3.05, 3.63) is 53.3 Å². The van der Waals surface area contributed by atoms with Crippen LogP contribution in [-0.4, -0.2) is 43.8 Å². The van der Waals surface area contributed by atoms with Crippen LogP contribution in [0.2, 0.25) is 0 Å². The first-order valence-electron chi connectivity index (χ1n) is 11.5. The lowest BCUT2D eigenvalue weighted by Crippen LogP contribution is -2.53. The van der Waals surface area contributed by atoms with Crippen molar-refractivity contribution in [2.24, 2.45) is 11.3 Å². The predicted molar refractivity (Wildman–Crippen MR) is 121 cm³/mol. The fraction of sp³-hybridized carbons (Fsp3) is 0.500. The number of fused-ring (bicyclic) bond motifs is 4. The fourth-order valence-corrected chi connectivity index (χ4v) is 5.69. The Balaban J connectivity index is 1.33. The molecular formula is C26H31FN2O3. The summed E-state index contributed by atoms with van der Waals surface area (Å²) in [6, 6.07) is 11.1. The zero-order chi connectivity index (χ0) is 22.5. The van der Waals surface area contributed by atoms with Crippen LogP contribution in [0.3, 0.4) is 0 Å². The first-order chi connectivity index (χ1) is 15.3. The lowest BCUT2D eigenvalue weighted by molar-refractivity contribution is -0.0348. The average molecular weight is 439 g/mol. The molecule has 3 aliphatic heterocycles. The quantitative estimate of drug-likeness (QED) is 0.734. The van der Waals surface area contributed by atoms with Gasteiger partial charge in [-0.2, -0.15) is 0 Å². The van der Waals surface area contributed by atoms with Gasteiger partial charge < -0.3 is 14.8 Å². The van der Waals surface area contributed by atoms with E-state index >= 15 is 0 Å². The summed E-state index contributed by atoms with van der Waals surface area (Å²) in [7, 11) is 1.46. The molecule has 170 valence electrons. The highest BCUT2D eigenvalue weighted by molar-refractivity contribution is 5.70. The molecule has 2 atom stereocenters. The molecule has 3 saturated heterocycles. The molecule has 5 nitrogen and oxygen atoms in total. The molecule has 2 bridgehead atoms. The van der Waals surface area contributed by atoms with E-state index in [-0.39, 0.29) is 35.2 Å². The van der Waals surface area contributed by atoms with Gasteiger partial charge in [-0.25, -0.2) is 9.18 Å². The maximum absolute atomic E-state index is 14.2. The number of methoxy groups -OCH3 is 1. The first kappa shape index (κ1) is 21.3. The Morgan fingerprint density at radius 2 is 1.84 bits per heavy atom. The number of halogens is 1. The summed E-state index contributed by atoms with van der Waals surface area (Å²) < 4.78 is 25.1. The molecular weight excluding hydrogens is 407 g/mol. The minimum Gasteiger partial charge on any atom is -0.494 e. The van der Waals surface area contributed by atoms with Gasteiger partial charge in [0.25, 0.3) is 0 Å². The van der Waals surface area contributed by atoms with E-state index in [4.69, 9.17) is 9.47 Å². The van der Waals surface area contributed by atoms with Crippen molar-refractivity contribution in [3.63, 3.8) is 0 Å². The van der Waals surface area contributed by atoms with E-state index in [1.165, 1.54) is 18.7 Å². The molecule has 0 aromatic heterocycles. The topological polar surface area (TPSA) is 50.8 Å². The van der Waals surface area contributed by atoms with E-state index in [1.807, 2.05) is 12.1 Å². The number of nitrogens with zero attached hydrogens (tertiary/aromatic N) is 1. The van der Waals surface area contributed by atoms with Gasteiger partial charge >= 0.3 is 6.09 Å². The number of rotatable bonds is 4. The van der Waals surface area contributed by atoms with Crippen LogP contribution in [0.1, 0.15) is 43.9 Å². The van der Waals surface area contributed by atoms with Gasteiger partial charge in [-0.05, 0) is 78.1 Å². The van der Waals surface area contributed by atoms with Crippen molar-refractivity contribution in [2.75, 3.05) is 26.7 Å². The number of piperidine rings is 3. The predicted octanol–water partition coefficient (Wildman–Crippen LogP) is 4.95. The number of carbonyl (C=O) groups excluding carboxylic acids is 1. The molecule has 0 saturated carbocycles. The summed E-state index contributed by atoms with van der Waals surface area (Å²) in [4.78, 5) is 15.2. The molecule has 2 aromatic carbocycles. The van der Waals surface area contributed by atoms with E-state index in [0.717, 1.165) is 55.6 Å². The van der Waals surface area contributed by atoms with Gasteiger partial charge in [0.15, 0.2) is 11.6 Å². The Bertz CT molecular complexity index is 1030. The Hall–Kier alpha value is -2.60. The maximum Gasteiger partial charge on any atom is 0.407 e. The van der Waals surface area contributed by atoms with E-state index in [2.05, 4.69) is 36.2 Å². The standard InChI is InChI=1S/C26H31FN2O3/c1-26(2)14-19-12-17(18-5-7-22(31-3)21(27)13-18)4-6-20(19)24(26)28-25(30)32-23-15-29-10-8-16(23)9-11-29/h4-7,12-13,16,23-24H,8-11,14-15H2,1-3H3,(H,28,30)/t23-,24+/m1/s1. The van der Waals surface area contributed by atoms with Gasteiger partial charge in [-0.3, -0.25) is 4.90 Å². The number of alkyl carbamates (subject to hydrolysis) is 1. The Morgan fingerprint density at radius 1 is 1.12 bits per heavy atom. The van der Waals surface area contributed by atoms with Gasteiger partial charge in [0.2, 0.25) is 0 Å². The number of benzene rings is 2. The highest BCUT2D eigenvalue weighted by atomic mass is 19.1. The summed E-state index contributed by atoms with van der Waals surface area (Å²) in [6.45, 7) is 7.42. The molecule has 32 heavy (non-hydrogen) atoms. The molecule has 0 unspecified atom stereocenters. The number of hydrogen-bond acceptors (Lipinski definition) is 4. The number of hydrogen-bond donors (Lipinski definition) is 1. The van der Waals surface area contributed by atoms with E-state index in [1.54, 1.807) is 6.07 Å².